The smallest absolute Gasteiger partial charge is 0.308 e. The number of ether oxygens (including phenoxy) is 2. The van der Waals surface area contributed by atoms with Gasteiger partial charge in [-0.15, -0.1) is 0 Å². The molecule has 1 fully saturated rings. The third kappa shape index (κ3) is 6.20. The monoisotopic (exact) mass is 344 g/mol. The van der Waals surface area contributed by atoms with Crippen LogP contribution < -0.4 is 0 Å². The summed E-state index contributed by atoms with van der Waals surface area (Å²) in [6.07, 6.45) is 5.86. The van der Waals surface area contributed by atoms with Crippen LogP contribution in [0.25, 0.3) is 0 Å². The molecule has 0 aromatic rings. The van der Waals surface area contributed by atoms with Crippen molar-refractivity contribution in [2.75, 3.05) is 7.11 Å². The van der Waals surface area contributed by atoms with Crippen molar-refractivity contribution in [3.8, 4) is 0 Å². The molecule has 1 aliphatic heterocycles. The highest BCUT2D eigenvalue weighted by Gasteiger charge is 2.42. The van der Waals surface area contributed by atoms with Crippen LogP contribution in [0.4, 0.5) is 0 Å². The third-order valence-corrected chi connectivity index (χ3v) is 9.78. The molecule has 0 saturated carbocycles. The quantitative estimate of drug-likeness (QED) is 0.474. The third-order valence-electron chi connectivity index (χ3n) is 5.27. The molecule has 0 aromatic heterocycles. The Balaban J connectivity index is 2.70. The summed E-state index contributed by atoms with van der Waals surface area (Å²) in [7, 11) is -0.388. The van der Waals surface area contributed by atoms with E-state index in [1.165, 1.54) is 7.11 Å². The lowest BCUT2D eigenvalue weighted by atomic mass is 10.0. The molecule has 1 rings (SSSR count). The molecular weight excluding hydrogens is 308 g/mol. The highest BCUT2D eigenvalue weighted by Crippen LogP contribution is 2.39. The van der Waals surface area contributed by atoms with Crippen LogP contribution in [0.1, 0.15) is 66.2 Å². The summed E-state index contributed by atoms with van der Waals surface area (Å²) in [6.45, 7) is 13.6. The van der Waals surface area contributed by atoms with E-state index >= 15 is 0 Å². The van der Waals surface area contributed by atoms with Crippen molar-refractivity contribution < 1.29 is 18.7 Å². The molecule has 0 radical (unpaired) electrons. The van der Waals surface area contributed by atoms with Crippen molar-refractivity contribution >= 4 is 14.3 Å². The first kappa shape index (κ1) is 20.7. The standard InChI is InChI=1S/C18H36O4Si/c1-8-9-10-16(22-23(6,7)18(2,3)4)15-12-11-14(21-15)13-17(19)20-5/h14-16H,8-13H2,1-7H3/t14-,15-,16-/m0/s1. The van der Waals surface area contributed by atoms with E-state index in [1.807, 2.05) is 0 Å². The van der Waals surface area contributed by atoms with Gasteiger partial charge in [0.15, 0.2) is 8.32 Å². The fourth-order valence-electron chi connectivity index (χ4n) is 2.71. The van der Waals surface area contributed by atoms with E-state index in [-0.39, 0.29) is 29.3 Å². The molecule has 0 aliphatic carbocycles. The van der Waals surface area contributed by atoms with Gasteiger partial charge in [-0.05, 0) is 37.4 Å². The number of carbonyl (C=O) groups is 1. The Morgan fingerprint density at radius 2 is 1.96 bits per heavy atom. The molecule has 3 atom stereocenters. The maximum Gasteiger partial charge on any atom is 0.308 e. The van der Waals surface area contributed by atoms with Gasteiger partial charge in [0.2, 0.25) is 0 Å². The van der Waals surface area contributed by atoms with Crippen molar-refractivity contribution in [3.05, 3.63) is 0 Å². The lowest BCUT2D eigenvalue weighted by Crippen LogP contribution is -2.47. The first-order chi connectivity index (χ1) is 10.6. The van der Waals surface area contributed by atoms with Crippen LogP contribution in [0.15, 0.2) is 0 Å². The van der Waals surface area contributed by atoms with E-state index in [0.29, 0.717) is 6.42 Å². The lowest BCUT2D eigenvalue weighted by Gasteiger charge is -2.41. The van der Waals surface area contributed by atoms with Gasteiger partial charge >= 0.3 is 5.97 Å². The maximum absolute atomic E-state index is 11.4. The van der Waals surface area contributed by atoms with Gasteiger partial charge in [0.1, 0.15) is 0 Å². The molecular formula is C18H36O4Si. The predicted octanol–water partition coefficient (Wildman–Crippen LogP) is 4.68. The molecule has 0 bridgehead atoms. The van der Waals surface area contributed by atoms with Crippen molar-refractivity contribution in [1.82, 2.24) is 0 Å². The summed E-state index contributed by atoms with van der Waals surface area (Å²) in [6, 6.07) is 0. The molecule has 0 amide bonds. The van der Waals surface area contributed by atoms with E-state index in [1.54, 1.807) is 0 Å². The zero-order valence-corrected chi connectivity index (χ0v) is 17.1. The Morgan fingerprint density at radius 3 is 2.48 bits per heavy atom. The van der Waals surface area contributed by atoms with Crippen molar-refractivity contribution in [2.45, 2.75) is 103 Å². The van der Waals surface area contributed by atoms with Crippen LogP contribution in [0.5, 0.6) is 0 Å². The number of hydrogen-bond acceptors (Lipinski definition) is 4. The van der Waals surface area contributed by atoms with Crippen LogP contribution in [-0.2, 0) is 18.7 Å². The summed E-state index contributed by atoms with van der Waals surface area (Å²) in [5.41, 5.74) is 0. The normalized spacial score (nSPS) is 23.8. The number of unbranched alkanes of at least 4 members (excludes halogenated alkanes) is 1. The summed E-state index contributed by atoms with van der Waals surface area (Å²) < 4.78 is 17.6. The SMILES string of the molecule is CCCC[C@H](O[Si](C)(C)C(C)(C)C)[C@@H]1CC[C@@H](CC(=O)OC)O1. The molecule has 1 heterocycles. The Morgan fingerprint density at radius 1 is 1.30 bits per heavy atom. The largest absolute Gasteiger partial charge is 0.469 e. The summed E-state index contributed by atoms with van der Waals surface area (Å²) >= 11 is 0. The van der Waals surface area contributed by atoms with Gasteiger partial charge in [-0.2, -0.15) is 0 Å². The number of hydrogen-bond donors (Lipinski definition) is 0. The fraction of sp³-hybridized carbons (Fsp3) is 0.944. The highest BCUT2D eigenvalue weighted by atomic mass is 28.4. The second-order valence-corrected chi connectivity index (χ2v) is 13.0. The van der Waals surface area contributed by atoms with Gasteiger partial charge in [-0.3, -0.25) is 4.79 Å². The molecule has 1 saturated heterocycles. The Hall–Kier alpha value is -0.393. The van der Waals surface area contributed by atoms with E-state index in [4.69, 9.17) is 13.9 Å². The van der Waals surface area contributed by atoms with E-state index in [0.717, 1.165) is 32.1 Å². The van der Waals surface area contributed by atoms with Crippen LogP contribution in [0.3, 0.4) is 0 Å². The number of esters is 1. The van der Waals surface area contributed by atoms with E-state index in [9.17, 15) is 4.79 Å². The minimum Gasteiger partial charge on any atom is -0.469 e. The van der Waals surface area contributed by atoms with Gasteiger partial charge < -0.3 is 13.9 Å². The van der Waals surface area contributed by atoms with Crippen molar-refractivity contribution in [2.24, 2.45) is 0 Å². The Kier molecular flexibility index (Phi) is 7.75. The second kappa shape index (κ2) is 8.63. The van der Waals surface area contributed by atoms with Crippen LogP contribution in [-0.4, -0.2) is 39.7 Å². The number of methoxy groups -OCH3 is 1. The second-order valence-electron chi connectivity index (χ2n) is 8.21. The first-order valence-corrected chi connectivity index (χ1v) is 11.9. The lowest BCUT2D eigenvalue weighted by molar-refractivity contribution is -0.144. The fourth-order valence-corrected chi connectivity index (χ4v) is 4.09. The molecule has 0 aromatic carbocycles. The molecule has 4 nitrogen and oxygen atoms in total. The van der Waals surface area contributed by atoms with E-state index < -0.39 is 8.32 Å². The van der Waals surface area contributed by atoms with Crippen LogP contribution >= 0.6 is 0 Å². The molecule has 0 unspecified atom stereocenters. The van der Waals surface area contributed by atoms with E-state index in [2.05, 4.69) is 40.8 Å². The number of rotatable bonds is 8. The Labute approximate surface area is 143 Å². The van der Waals surface area contributed by atoms with Gasteiger partial charge in [0, 0.05) is 0 Å². The molecule has 136 valence electrons. The predicted molar refractivity (Wildman–Crippen MR) is 96.1 cm³/mol. The first-order valence-electron chi connectivity index (χ1n) is 9.00. The molecule has 0 spiro atoms. The van der Waals surface area contributed by atoms with Crippen molar-refractivity contribution in [3.63, 3.8) is 0 Å². The molecule has 23 heavy (non-hydrogen) atoms. The van der Waals surface area contributed by atoms with Gasteiger partial charge in [-0.25, -0.2) is 0 Å². The topological polar surface area (TPSA) is 44.8 Å². The van der Waals surface area contributed by atoms with Gasteiger partial charge in [0.05, 0.1) is 31.8 Å². The Bertz CT molecular complexity index is 376. The van der Waals surface area contributed by atoms with Gasteiger partial charge in [-0.1, -0.05) is 40.5 Å². The molecule has 1 aliphatic rings. The zero-order chi connectivity index (χ0) is 17.7. The maximum atomic E-state index is 11.4. The highest BCUT2D eigenvalue weighted by molar-refractivity contribution is 6.74. The number of carbonyl (C=O) groups excluding carboxylic acids is 1. The van der Waals surface area contributed by atoms with Crippen molar-refractivity contribution in [1.29, 1.82) is 0 Å². The average molecular weight is 345 g/mol. The van der Waals surface area contributed by atoms with Crippen LogP contribution in [0, 0.1) is 0 Å². The van der Waals surface area contributed by atoms with Crippen LogP contribution in [0.2, 0.25) is 18.1 Å². The molecule has 5 heteroatoms. The minimum absolute atomic E-state index is 0.0143. The summed E-state index contributed by atoms with van der Waals surface area (Å²) in [5, 5.41) is 0.196. The molecule has 0 N–H and O–H groups in total. The minimum atomic E-state index is -1.82. The van der Waals surface area contributed by atoms with Gasteiger partial charge in [0.25, 0.3) is 0 Å². The average Bonchev–Trinajstić information content (AvgIpc) is 2.90. The summed E-state index contributed by atoms with van der Waals surface area (Å²) in [4.78, 5) is 11.4. The summed E-state index contributed by atoms with van der Waals surface area (Å²) in [5.74, 6) is -0.189. The zero-order valence-electron chi connectivity index (χ0n) is 16.1.